The van der Waals surface area contributed by atoms with Crippen molar-refractivity contribution < 1.29 is 22.6 Å². The Balaban J connectivity index is 1.13. The highest BCUT2D eigenvalue weighted by Gasteiger charge is 2.46. The van der Waals surface area contributed by atoms with Crippen LogP contribution in [0, 0.1) is 17.3 Å². The van der Waals surface area contributed by atoms with Gasteiger partial charge in [0.1, 0.15) is 12.3 Å². The summed E-state index contributed by atoms with van der Waals surface area (Å²) < 4.78 is 53.6. The smallest absolute Gasteiger partial charge is 0.406 e. The summed E-state index contributed by atoms with van der Waals surface area (Å²) in [6, 6.07) is 14.1. The van der Waals surface area contributed by atoms with Gasteiger partial charge in [0.15, 0.2) is 0 Å². The van der Waals surface area contributed by atoms with E-state index in [-0.39, 0.29) is 6.54 Å². The number of fused-ring (bicyclic) bond motifs is 1. The Morgan fingerprint density at radius 2 is 1.91 bits per heavy atom. The molecule has 0 radical (unpaired) electrons. The highest BCUT2D eigenvalue weighted by molar-refractivity contribution is 7.98. The van der Waals surface area contributed by atoms with Crippen molar-refractivity contribution >= 4 is 34.0 Å². The first-order valence-corrected chi connectivity index (χ1v) is 16.7. The van der Waals surface area contributed by atoms with Gasteiger partial charge >= 0.3 is 6.18 Å². The Bertz CT molecular complexity index is 1510. The van der Waals surface area contributed by atoms with Crippen LogP contribution in [0.4, 0.5) is 24.5 Å². The maximum absolute atomic E-state index is 13.7. The number of methoxy groups -OCH3 is 1. The molecule has 3 heterocycles. The predicted molar refractivity (Wildman–Crippen MR) is 172 cm³/mol. The number of halogens is 3. The minimum absolute atomic E-state index is 0.266. The summed E-state index contributed by atoms with van der Waals surface area (Å²) in [5.41, 5.74) is 2.92. The number of anilines is 2. The van der Waals surface area contributed by atoms with E-state index in [4.69, 9.17) is 9.47 Å². The number of hydrogen-bond acceptors (Lipinski definition) is 6. The van der Waals surface area contributed by atoms with Crippen LogP contribution in [0.15, 0.2) is 47.4 Å². The van der Waals surface area contributed by atoms with E-state index in [1.165, 1.54) is 17.4 Å². The van der Waals surface area contributed by atoms with Gasteiger partial charge in [0, 0.05) is 53.2 Å². The van der Waals surface area contributed by atoms with Gasteiger partial charge < -0.3 is 24.7 Å². The number of alkyl halides is 3. The lowest BCUT2D eigenvalue weighted by Crippen LogP contribution is -2.63. The van der Waals surface area contributed by atoms with Crippen LogP contribution in [-0.2, 0) is 11.3 Å². The molecule has 0 bridgehead atoms. The lowest BCUT2D eigenvalue weighted by Gasteiger charge is -2.55. The molecule has 0 amide bonds. The third-order valence-corrected chi connectivity index (χ3v) is 10.1. The van der Waals surface area contributed by atoms with Gasteiger partial charge in [0.25, 0.3) is 0 Å². The van der Waals surface area contributed by atoms with Crippen molar-refractivity contribution in [2.75, 3.05) is 56.8 Å². The summed E-state index contributed by atoms with van der Waals surface area (Å²) in [5.74, 6) is 6.72. The summed E-state index contributed by atoms with van der Waals surface area (Å²) in [7, 11) is 1.61. The van der Waals surface area contributed by atoms with Gasteiger partial charge in [0.05, 0.1) is 37.2 Å². The number of nitrogens with one attached hydrogen (secondary N) is 2. The van der Waals surface area contributed by atoms with Crippen LogP contribution in [-0.4, -0.2) is 73.9 Å². The second-order valence-corrected chi connectivity index (χ2v) is 13.3. The molecule has 44 heavy (non-hydrogen) atoms. The van der Waals surface area contributed by atoms with E-state index in [9.17, 15) is 13.2 Å². The first-order valence-electron chi connectivity index (χ1n) is 15.5. The van der Waals surface area contributed by atoms with E-state index in [0.717, 1.165) is 73.6 Å². The zero-order valence-corrected chi connectivity index (χ0v) is 26.3. The lowest BCUT2D eigenvalue weighted by molar-refractivity contribution is -0.140. The molecule has 2 saturated heterocycles. The summed E-state index contributed by atoms with van der Waals surface area (Å²) in [6.07, 6.45) is 4.44. The molecule has 1 aliphatic carbocycles. The van der Waals surface area contributed by atoms with Crippen LogP contribution in [0.3, 0.4) is 0 Å². The molecule has 0 unspecified atom stereocenters. The molecule has 1 spiro atoms. The molecule has 6 rings (SSSR count). The fraction of sp³-hybridized carbons (Fsp3) is 0.529. The maximum Gasteiger partial charge on any atom is 0.406 e. The van der Waals surface area contributed by atoms with E-state index in [1.54, 1.807) is 31.0 Å². The molecule has 236 valence electrons. The molecular formula is C34H41F3N4O2S. The molecule has 0 atom stereocenters. The molecule has 6 nitrogen and oxygen atoms in total. The average molecular weight is 627 g/mol. The monoisotopic (exact) mass is 626 g/mol. The van der Waals surface area contributed by atoms with Crippen molar-refractivity contribution in [3.05, 3.63) is 48.2 Å². The molecule has 3 aliphatic rings. The zero-order valence-electron chi connectivity index (χ0n) is 25.4. The predicted octanol–water partition coefficient (Wildman–Crippen LogP) is 7.23. The first kappa shape index (κ1) is 31.0. The third kappa shape index (κ3) is 6.95. The Morgan fingerprint density at radius 3 is 2.61 bits per heavy atom. The van der Waals surface area contributed by atoms with Crippen LogP contribution in [0.1, 0.15) is 44.2 Å². The van der Waals surface area contributed by atoms with Crippen LogP contribution in [0.2, 0.25) is 0 Å². The van der Waals surface area contributed by atoms with Gasteiger partial charge in [-0.2, -0.15) is 13.2 Å². The number of rotatable bonds is 8. The second-order valence-electron chi connectivity index (χ2n) is 12.4. The number of aromatic nitrogens is 1. The largest absolute Gasteiger partial charge is 0.495 e. The second kappa shape index (κ2) is 13.2. The van der Waals surface area contributed by atoms with Crippen LogP contribution in [0.25, 0.3) is 10.9 Å². The Morgan fingerprint density at radius 1 is 1.09 bits per heavy atom. The van der Waals surface area contributed by atoms with Gasteiger partial charge in [-0.05, 0) is 87.1 Å². The van der Waals surface area contributed by atoms with Gasteiger partial charge in [-0.25, -0.2) is 0 Å². The fourth-order valence-electron chi connectivity index (χ4n) is 7.12. The van der Waals surface area contributed by atoms with E-state index in [0.29, 0.717) is 34.5 Å². The maximum atomic E-state index is 13.7. The molecular weight excluding hydrogens is 585 g/mol. The Hall–Kier alpha value is -3.00. The summed E-state index contributed by atoms with van der Waals surface area (Å²) in [5, 5.41) is 7.68. The van der Waals surface area contributed by atoms with Crippen molar-refractivity contribution in [3.8, 4) is 17.6 Å². The number of thioether (sulfide) groups is 1. The number of likely N-dealkylation sites (tertiary alicyclic amines) is 1. The van der Waals surface area contributed by atoms with E-state index in [1.807, 2.05) is 36.6 Å². The van der Waals surface area contributed by atoms with E-state index in [2.05, 4.69) is 27.4 Å². The molecule has 3 aromatic rings. The van der Waals surface area contributed by atoms with Crippen molar-refractivity contribution in [1.29, 1.82) is 0 Å². The number of nitrogens with zero attached hydrogens (tertiary/aromatic N) is 2. The van der Waals surface area contributed by atoms with Crippen molar-refractivity contribution in [2.24, 2.45) is 5.41 Å². The summed E-state index contributed by atoms with van der Waals surface area (Å²) in [6.45, 7) is 3.29. The highest BCUT2D eigenvalue weighted by Crippen LogP contribution is 2.42. The molecule has 10 heteroatoms. The minimum Gasteiger partial charge on any atom is -0.495 e. The average Bonchev–Trinajstić information content (AvgIpc) is 3.35. The SMILES string of the molecule is COc1cc(SC)ccc1NCC#Cc1cc2c(NC3CCC(N4CC5(CCCOC5)C4)CC3)cccc2n1CC(F)(F)F. The van der Waals surface area contributed by atoms with Crippen LogP contribution in [0.5, 0.6) is 5.75 Å². The van der Waals surface area contributed by atoms with E-state index < -0.39 is 12.7 Å². The van der Waals surface area contributed by atoms with Gasteiger partial charge in [-0.15, -0.1) is 11.8 Å². The van der Waals surface area contributed by atoms with Crippen molar-refractivity contribution in [2.45, 2.75) is 68.2 Å². The van der Waals surface area contributed by atoms with Gasteiger partial charge in [0.2, 0.25) is 0 Å². The standard InChI is InChI=1S/C34H41F3N4O2S/c1-42-32-19-27(44-2)13-14-30(32)38-16-4-6-26-18-28-29(7-3-8-31(28)41(26)22-34(35,36)37)39-24-9-11-25(12-10-24)40-20-33(21-40)15-5-17-43-23-33/h3,7-8,13-14,18-19,24-25,38-39H,5,9-12,15-17,20-23H2,1-2H3. The molecule has 2 aliphatic heterocycles. The summed E-state index contributed by atoms with van der Waals surface area (Å²) in [4.78, 5) is 3.71. The van der Waals surface area contributed by atoms with Gasteiger partial charge in [-0.3, -0.25) is 4.90 Å². The van der Waals surface area contributed by atoms with Crippen molar-refractivity contribution in [3.63, 3.8) is 0 Å². The third-order valence-electron chi connectivity index (χ3n) is 9.33. The normalized spacial score (nSPS) is 21.8. The van der Waals surface area contributed by atoms with E-state index >= 15 is 0 Å². The topological polar surface area (TPSA) is 50.7 Å². The number of ether oxygens (including phenoxy) is 2. The summed E-state index contributed by atoms with van der Waals surface area (Å²) >= 11 is 1.62. The number of hydrogen-bond donors (Lipinski definition) is 2. The Labute approximate surface area is 262 Å². The zero-order chi connectivity index (χ0) is 30.7. The quantitative estimate of drug-likeness (QED) is 0.203. The van der Waals surface area contributed by atoms with Crippen molar-refractivity contribution in [1.82, 2.24) is 9.47 Å². The van der Waals surface area contributed by atoms with Crippen LogP contribution >= 0.6 is 11.8 Å². The first-order chi connectivity index (χ1) is 21.3. The number of benzene rings is 2. The minimum atomic E-state index is -4.37. The molecule has 2 N–H and O–H groups in total. The fourth-order valence-corrected chi connectivity index (χ4v) is 7.55. The molecule has 2 aromatic carbocycles. The van der Waals surface area contributed by atoms with Gasteiger partial charge in [-0.1, -0.05) is 12.0 Å². The molecule has 3 fully saturated rings. The molecule has 1 aromatic heterocycles. The lowest BCUT2D eigenvalue weighted by atomic mass is 9.73. The molecule has 1 saturated carbocycles. The van der Waals surface area contributed by atoms with Crippen LogP contribution < -0.4 is 15.4 Å². The highest BCUT2D eigenvalue weighted by atomic mass is 32.2. The Kier molecular flexibility index (Phi) is 9.27.